The van der Waals surface area contributed by atoms with E-state index in [1.54, 1.807) is 13.0 Å². The molecule has 2 saturated heterocycles. The lowest BCUT2D eigenvalue weighted by atomic mass is 9.68. The molecule has 3 rings (SSSR count). The van der Waals surface area contributed by atoms with Crippen molar-refractivity contribution in [2.24, 2.45) is 23.7 Å². The summed E-state index contributed by atoms with van der Waals surface area (Å²) in [5, 5.41) is 0. The number of carbonyl (C=O) groups is 4. The number of carbonyl (C=O) groups excluding carboxylic acids is 4. The van der Waals surface area contributed by atoms with Crippen molar-refractivity contribution in [2.75, 3.05) is 0 Å². The van der Waals surface area contributed by atoms with Gasteiger partial charge in [-0.05, 0) is 18.3 Å². The quantitative estimate of drug-likeness (QED) is 0.502. The Morgan fingerprint density at radius 3 is 2.47 bits per heavy atom. The monoisotopic (exact) mass is 264 g/mol. The van der Waals surface area contributed by atoms with Crippen molar-refractivity contribution in [3.8, 4) is 0 Å². The highest BCUT2D eigenvalue weighted by Gasteiger charge is 2.51. The van der Waals surface area contributed by atoms with Gasteiger partial charge in [0.05, 0.1) is 18.3 Å². The summed E-state index contributed by atoms with van der Waals surface area (Å²) >= 11 is 0. The highest BCUT2D eigenvalue weighted by Crippen LogP contribution is 2.44. The second kappa shape index (κ2) is 4.01. The molecule has 4 unspecified atom stereocenters. The van der Waals surface area contributed by atoms with Crippen molar-refractivity contribution in [1.82, 2.24) is 0 Å². The molecular weight excluding hydrogens is 252 g/mol. The Balaban J connectivity index is 1.89. The summed E-state index contributed by atoms with van der Waals surface area (Å²) in [5.74, 6) is -3.75. The van der Waals surface area contributed by atoms with E-state index in [4.69, 9.17) is 0 Å². The average molecular weight is 264 g/mol. The number of fused-ring (bicyclic) bond motifs is 1. The van der Waals surface area contributed by atoms with Crippen LogP contribution in [0.5, 0.6) is 0 Å². The van der Waals surface area contributed by atoms with Gasteiger partial charge in [-0.3, -0.25) is 14.4 Å². The van der Waals surface area contributed by atoms with Gasteiger partial charge in [-0.25, -0.2) is 4.79 Å². The molecule has 2 fully saturated rings. The van der Waals surface area contributed by atoms with E-state index in [0.29, 0.717) is 12.0 Å². The van der Waals surface area contributed by atoms with Crippen LogP contribution < -0.4 is 0 Å². The number of esters is 4. The van der Waals surface area contributed by atoms with Crippen molar-refractivity contribution in [2.45, 2.75) is 19.8 Å². The van der Waals surface area contributed by atoms with Crippen LogP contribution >= 0.6 is 0 Å². The van der Waals surface area contributed by atoms with E-state index in [0.717, 1.165) is 0 Å². The van der Waals surface area contributed by atoms with Crippen LogP contribution in [0.25, 0.3) is 0 Å². The van der Waals surface area contributed by atoms with Crippen LogP contribution in [0.4, 0.5) is 0 Å². The summed E-state index contributed by atoms with van der Waals surface area (Å²) in [6.07, 6.45) is 2.17. The molecular formula is C13H12O6. The van der Waals surface area contributed by atoms with E-state index < -0.39 is 35.7 Å². The molecule has 0 saturated carbocycles. The predicted octanol–water partition coefficient (Wildman–Crippen LogP) is 0.358. The second-order valence-corrected chi connectivity index (χ2v) is 5.21. The zero-order chi connectivity index (χ0) is 13.7. The van der Waals surface area contributed by atoms with Crippen molar-refractivity contribution in [3.63, 3.8) is 0 Å². The molecule has 1 aliphatic carbocycles. The van der Waals surface area contributed by atoms with Crippen molar-refractivity contribution < 1.29 is 28.7 Å². The molecule has 0 amide bonds. The summed E-state index contributed by atoms with van der Waals surface area (Å²) in [7, 11) is 0. The van der Waals surface area contributed by atoms with Gasteiger partial charge >= 0.3 is 23.9 Å². The number of hydrogen-bond donors (Lipinski definition) is 0. The molecule has 0 aromatic heterocycles. The Morgan fingerprint density at radius 1 is 1.11 bits per heavy atom. The lowest BCUT2D eigenvalue weighted by Crippen LogP contribution is -2.34. The summed E-state index contributed by atoms with van der Waals surface area (Å²) in [6.45, 7) is 1.80. The molecule has 0 bridgehead atoms. The summed E-state index contributed by atoms with van der Waals surface area (Å²) in [6, 6.07) is 0. The maximum Gasteiger partial charge on any atom is 0.342 e. The number of rotatable bonds is 1. The number of cyclic esters (lactones) is 4. The first-order valence-corrected chi connectivity index (χ1v) is 6.19. The highest BCUT2D eigenvalue weighted by molar-refractivity contribution is 6.08. The fourth-order valence-corrected chi connectivity index (χ4v) is 3.25. The van der Waals surface area contributed by atoms with Gasteiger partial charge in [0.25, 0.3) is 0 Å². The summed E-state index contributed by atoms with van der Waals surface area (Å²) < 4.78 is 9.16. The van der Waals surface area contributed by atoms with Crippen LogP contribution in [-0.2, 0) is 28.7 Å². The third kappa shape index (κ3) is 1.70. The van der Waals surface area contributed by atoms with Gasteiger partial charge in [0.1, 0.15) is 0 Å². The Bertz CT molecular complexity index is 531. The smallest absolute Gasteiger partial charge is 0.342 e. The Morgan fingerprint density at radius 2 is 1.84 bits per heavy atom. The van der Waals surface area contributed by atoms with Crippen LogP contribution in [-0.4, -0.2) is 23.9 Å². The van der Waals surface area contributed by atoms with E-state index >= 15 is 0 Å². The van der Waals surface area contributed by atoms with Crippen LogP contribution in [0, 0.1) is 23.7 Å². The normalized spacial score (nSPS) is 37.8. The van der Waals surface area contributed by atoms with Crippen LogP contribution in [0.1, 0.15) is 19.8 Å². The Kier molecular flexibility index (Phi) is 2.55. The van der Waals surface area contributed by atoms with Gasteiger partial charge in [0.15, 0.2) is 0 Å². The van der Waals surface area contributed by atoms with Crippen molar-refractivity contribution in [3.05, 3.63) is 11.6 Å². The number of hydrogen-bond acceptors (Lipinski definition) is 6. The summed E-state index contributed by atoms with van der Waals surface area (Å²) in [5.41, 5.74) is 0.381. The minimum atomic E-state index is -0.616. The van der Waals surface area contributed by atoms with Crippen LogP contribution in [0.15, 0.2) is 11.6 Å². The standard InChI is InChI=1S/C13H12O6/c1-5-6(8-4-9(14)18-12(8)16)2-3-7-10(5)13(17)19-11(7)15/h3,5-6,8,10H,2,4H2,1H3. The molecule has 19 heavy (non-hydrogen) atoms. The molecule has 2 heterocycles. The minimum Gasteiger partial charge on any atom is -0.393 e. The molecule has 100 valence electrons. The van der Waals surface area contributed by atoms with Gasteiger partial charge < -0.3 is 9.47 Å². The fourth-order valence-electron chi connectivity index (χ4n) is 3.25. The lowest BCUT2D eigenvalue weighted by Gasteiger charge is -2.32. The molecule has 6 nitrogen and oxygen atoms in total. The first-order valence-electron chi connectivity index (χ1n) is 6.19. The molecule has 2 aliphatic heterocycles. The fraction of sp³-hybridized carbons (Fsp3) is 0.538. The van der Waals surface area contributed by atoms with E-state index in [1.165, 1.54) is 0 Å². The maximum atomic E-state index is 11.7. The zero-order valence-corrected chi connectivity index (χ0v) is 10.3. The zero-order valence-electron chi connectivity index (χ0n) is 10.3. The van der Waals surface area contributed by atoms with Crippen LogP contribution in [0.2, 0.25) is 0 Å². The van der Waals surface area contributed by atoms with Crippen LogP contribution in [0.3, 0.4) is 0 Å². The van der Waals surface area contributed by atoms with Gasteiger partial charge in [-0.2, -0.15) is 0 Å². The number of allylic oxidation sites excluding steroid dienone is 1. The van der Waals surface area contributed by atoms with E-state index in [2.05, 4.69) is 9.47 Å². The SMILES string of the molecule is CC1C2C(=O)OC(=O)C2=CCC1C1CC(=O)OC1=O. The van der Waals surface area contributed by atoms with E-state index in [9.17, 15) is 19.2 Å². The van der Waals surface area contributed by atoms with Gasteiger partial charge in [0.2, 0.25) is 0 Å². The Hall–Kier alpha value is -1.98. The average Bonchev–Trinajstić information content (AvgIpc) is 2.81. The van der Waals surface area contributed by atoms with Gasteiger partial charge in [0, 0.05) is 5.57 Å². The molecule has 0 radical (unpaired) electrons. The molecule has 0 N–H and O–H groups in total. The summed E-state index contributed by atoms with van der Waals surface area (Å²) in [4.78, 5) is 45.9. The third-order valence-corrected chi connectivity index (χ3v) is 4.25. The maximum absolute atomic E-state index is 11.7. The Labute approximate surface area is 108 Å². The molecule has 0 spiro atoms. The van der Waals surface area contributed by atoms with Gasteiger partial charge in [-0.1, -0.05) is 13.0 Å². The van der Waals surface area contributed by atoms with E-state index in [1.807, 2.05) is 0 Å². The largest absolute Gasteiger partial charge is 0.393 e. The highest BCUT2D eigenvalue weighted by atomic mass is 16.6. The number of ether oxygens (including phenoxy) is 2. The molecule has 0 aromatic rings. The van der Waals surface area contributed by atoms with Crippen molar-refractivity contribution >= 4 is 23.9 Å². The molecule has 4 atom stereocenters. The minimum absolute atomic E-state index is 0.0483. The molecule has 6 heteroatoms. The third-order valence-electron chi connectivity index (χ3n) is 4.25. The first kappa shape index (κ1) is 12.1. The second-order valence-electron chi connectivity index (χ2n) is 5.21. The van der Waals surface area contributed by atoms with Gasteiger partial charge in [-0.15, -0.1) is 0 Å². The first-order chi connectivity index (χ1) is 8.99. The predicted molar refractivity (Wildman–Crippen MR) is 59.1 cm³/mol. The molecule has 3 aliphatic rings. The lowest BCUT2D eigenvalue weighted by molar-refractivity contribution is -0.156. The van der Waals surface area contributed by atoms with E-state index in [-0.39, 0.29) is 18.3 Å². The molecule has 0 aromatic carbocycles. The van der Waals surface area contributed by atoms with Crippen molar-refractivity contribution in [1.29, 1.82) is 0 Å². The topological polar surface area (TPSA) is 86.7 Å².